The minimum absolute atomic E-state index is 0.759. The maximum atomic E-state index is 4.16. The average molecular weight is 271 g/mol. The van der Waals surface area contributed by atoms with E-state index < -0.39 is 0 Å². The number of nitrogens with zero attached hydrogens (tertiary/aromatic N) is 2. The minimum Gasteiger partial charge on any atom is -0.302 e. The topological polar surface area (TPSA) is 16.1 Å². The Hall–Kier alpha value is -0.410. The van der Waals surface area contributed by atoms with Crippen LogP contribution in [0.1, 0.15) is 25.8 Å². The molecule has 1 rings (SSSR count). The molecule has 0 radical (unpaired) electrons. The zero-order valence-corrected chi connectivity index (χ0v) is 11.3. The highest BCUT2D eigenvalue weighted by Crippen LogP contribution is 2.12. The first-order valence-corrected chi connectivity index (χ1v) is 6.19. The Balaban J connectivity index is 2.47. The molecule has 0 N–H and O–H groups in total. The fraction of sp³-hybridized carbons (Fsp3) is 0.583. The quantitative estimate of drug-likeness (QED) is 0.816. The number of hydrogen-bond donors (Lipinski definition) is 0. The molecule has 1 unspecified atom stereocenters. The van der Waals surface area contributed by atoms with E-state index in [0.29, 0.717) is 0 Å². The minimum atomic E-state index is 0.759. The van der Waals surface area contributed by atoms with Crippen LogP contribution in [0.2, 0.25) is 0 Å². The number of aromatic nitrogens is 1. The van der Waals surface area contributed by atoms with Gasteiger partial charge in [0.1, 0.15) is 0 Å². The number of halogens is 1. The Bertz CT molecular complexity index is 301. The molecule has 0 amide bonds. The van der Waals surface area contributed by atoms with Crippen molar-refractivity contribution in [3.8, 4) is 0 Å². The molecule has 1 aromatic rings. The van der Waals surface area contributed by atoms with Crippen LogP contribution in [0.15, 0.2) is 22.9 Å². The van der Waals surface area contributed by atoms with E-state index >= 15 is 0 Å². The molecule has 0 bridgehead atoms. The van der Waals surface area contributed by atoms with E-state index in [-0.39, 0.29) is 0 Å². The summed E-state index contributed by atoms with van der Waals surface area (Å²) in [6, 6.07) is 2.13. The van der Waals surface area contributed by atoms with Crippen LogP contribution in [0.3, 0.4) is 0 Å². The molecular weight excluding hydrogens is 252 g/mol. The van der Waals surface area contributed by atoms with E-state index in [9.17, 15) is 0 Å². The van der Waals surface area contributed by atoms with Crippen LogP contribution in [-0.2, 0) is 6.54 Å². The van der Waals surface area contributed by atoms with Gasteiger partial charge in [0.2, 0.25) is 0 Å². The highest BCUT2D eigenvalue weighted by Gasteiger charge is 2.05. The fourth-order valence-electron chi connectivity index (χ4n) is 1.58. The summed E-state index contributed by atoms with van der Waals surface area (Å²) in [5.41, 5.74) is 1.26. The molecule has 0 spiro atoms. The van der Waals surface area contributed by atoms with Gasteiger partial charge in [-0.05, 0) is 40.5 Å². The van der Waals surface area contributed by atoms with Crippen LogP contribution in [0, 0.1) is 5.92 Å². The molecule has 0 fully saturated rings. The summed E-state index contributed by atoms with van der Waals surface area (Å²) < 4.78 is 1.05. The maximum Gasteiger partial charge on any atom is 0.0410 e. The highest BCUT2D eigenvalue weighted by atomic mass is 79.9. The van der Waals surface area contributed by atoms with E-state index in [4.69, 9.17) is 0 Å². The van der Waals surface area contributed by atoms with Gasteiger partial charge in [-0.3, -0.25) is 4.98 Å². The van der Waals surface area contributed by atoms with Crippen molar-refractivity contribution >= 4 is 15.9 Å². The monoisotopic (exact) mass is 270 g/mol. The highest BCUT2D eigenvalue weighted by molar-refractivity contribution is 9.10. The first-order chi connectivity index (χ1) is 7.11. The van der Waals surface area contributed by atoms with Crippen molar-refractivity contribution in [3.63, 3.8) is 0 Å². The van der Waals surface area contributed by atoms with E-state index in [1.54, 1.807) is 0 Å². The number of pyridine rings is 1. The Morgan fingerprint density at radius 1 is 1.47 bits per heavy atom. The summed E-state index contributed by atoms with van der Waals surface area (Å²) >= 11 is 3.44. The summed E-state index contributed by atoms with van der Waals surface area (Å²) in [5, 5.41) is 0. The van der Waals surface area contributed by atoms with Crippen molar-refractivity contribution < 1.29 is 0 Å². The molecule has 84 valence electrons. The van der Waals surface area contributed by atoms with Crippen LogP contribution < -0.4 is 0 Å². The number of hydrogen-bond acceptors (Lipinski definition) is 2. The van der Waals surface area contributed by atoms with Crippen molar-refractivity contribution in [2.75, 3.05) is 13.6 Å². The Morgan fingerprint density at radius 2 is 2.20 bits per heavy atom. The Labute approximate surface area is 101 Å². The predicted octanol–water partition coefficient (Wildman–Crippen LogP) is 3.32. The molecule has 0 aromatic carbocycles. The Morgan fingerprint density at radius 3 is 2.80 bits per heavy atom. The molecule has 1 aromatic heterocycles. The van der Waals surface area contributed by atoms with Crippen molar-refractivity contribution in [2.24, 2.45) is 5.92 Å². The second-order valence-corrected chi connectivity index (χ2v) is 5.14. The van der Waals surface area contributed by atoms with Gasteiger partial charge >= 0.3 is 0 Å². The standard InChI is InChI=1S/C12H19BrN2/c1-4-10(2)8-15(3)9-11-5-12(13)7-14-6-11/h5-7,10H,4,8-9H2,1-3H3. The zero-order chi connectivity index (χ0) is 11.3. The lowest BCUT2D eigenvalue weighted by Gasteiger charge is -2.20. The summed E-state index contributed by atoms with van der Waals surface area (Å²) in [7, 11) is 2.16. The third kappa shape index (κ3) is 4.76. The van der Waals surface area contributed by atoms with Crippen molar-refractivity contribution in [2.45, 2.75) is 26.8 Å². The van der Waals surface area contributed by atoms with Gasteiger partial charge in [-0.25, -0.2) is 0 Å². The molecule has 0 aliphatic heterocycles. The molecule has 0 saturated heterocycles. The molecule has 1 heterocycles. The van der Waals surface area contributed by atoms with E-state index in [2.05, 4.69) is 52.8 Å². The molecule has 0 aliphatic rings. The summed E-state index contributed by atoms with van der Waals surface area (Å²) in [5.74, 6) is 0.759. The average Bonchev–Trinajstić information content (AvgIpc) is 2.17. The molecule has 3 heteroatoms. The van der Waals surface area contributed by atoms with Gasteiger partial charge in [-0.1, -0.05) is 20.3 Å². The molecule has 0 saturated carbocycles. The van der Waals surface area contributed by atoms with Gasteiger partial charge in [0.15, 0.2) is 0 Å². The fourth-order valence-corrected chi connectivity index (χ4v) is 1.99. The second-order valence-electron chi connectivity index (χ2n) is 4.22. The zero-order valence-electron chi connectivity index (χ0n) is 9.70. The van der Waals surface area contributed by atoms with Crippen molar-refractivity contribution in [3.05, 3.63) is 28.5 Å². The SMILES string of the molecule is CCC(C)CN(C)Cc1cncc(Br)c1. The van der Waals surface area contributed by atoms with Gasteiger partial charge in [-0.2, -0.15) is 0 Å². The maximum absolute atomic E-state index is 4.16. The second kappa shape index (κ2) is 6.23. The lowest BCUT2D eigenvalue weighted by Crippen LogP contribution is -2.23. The lowest BCUT2D eigenvalue weighted by molar-refractivity contribution is 0.275. The molecule has 2 nitrogen and oxygen atoms in total. The summed E-state index contributed by atoms with van der Waals surface area (Å²) in [4.78, 5) is 6.51. The first kappa shape index (κ1) is 12.7. The first-order valence-electron chi connectivity index (χ1n) is 5.39. The third-order valence-electron chi connectivity index (χ3n) is 2.53. The van der Waals surface area contributed by atoms with Gasteiger partial charge in [-0.15, -0.1) is 0 Å². The van der Waals surface area contributed by atoms with Crippen molar-refractivity contribution in [1.82, 2.24) is 9.88 Å². The van der Waals surface area contributed by atoms with Gasteiger partial charge in [0.05, 0.1) is 0 Å². The van der Waals surface area contributed by atoms with Crippen LogP contribution in [0.25, 0.3) is 0 Å². The smallest absolute Gasteiger partial charge is 0.0410 e. The van der Waals surface area contributed by atoms with Crippen LogP contribution in [0.5, 0.6) is 0 Å². The number of rotatable bonds is 5. The van der Waals surface area contributed by atoms with E-state index in [0.717, 1.165) is 23.5 Å². The summed E-state index contributed by atoms with van der Waals surface area (Å²) in [6.07, 6.45) is 4.98. The van der Waals surface area contributed by atoms with Crippen LogP contribution in [-0.4, -0.2) is 23.5 Å². The Kier molecular flexibility index (Phi) is 5.26. The van der Waals surface area contributed by atoms with E-state index in [1.807, 2.05) is 12.4 Å². The van der Waals surface area contributed by atoms with Gasteiger partial charge in [0, 0.05) is 30.0 Å². The van der Waals surface area contributed by atoms with Crippen LogP contribution in [0.4, 0.5) is 0 Å². The van der Waals surface area contributed by atoms with Gasteiger partial charge < -0.3 is 4.90 Å². The van der Waals surface area contributed by atoms with Gasteiger partial charge in [0.25, 0.3) is 0 Å². The third-order valence-corrected chi connectivity index (χ3v) is 2.97. The molecule has 15 heavy (non-hydrogen) atoms. The molecular formula is C12H19BrN2. The lowest BCUT2D eigenvalue weighted by atomic mass is 10.1. The van der Waals surface area contributed by atoms with E-state index in [1.165, 1.54) is 12.0 Å². The predicted molar refractivity (Wildman–Crippen MR) is 67.7 cm³/mol. The normalized spacial score (nSPS) is 13.1. The molecule has 0 aliphatic carbocycles. The van der Waals surface area contributed by atoms with Crippen molar-refractivity contribution in [1.29, 1.82) is 0 Å². The van der Waals surface area contributed by atoms with Crippen LogP contribution >= 0.6 is 15.9 Å². The largest absolute Gasteiger partial charge is 0.302 e. The summed E-state index contributed by atoms with van der Waals surface area (Å²) in [6.45, 7) is 6.63. The molecule has 1 atom stereocenters.